The maximum absolute atomic E-state index is 13.2. The highest BCUT2D eigenvalue weighted by Crippen LogP contribution is 2.31. The molecule has 0 saturated carbocycles. The number of halogens is 1. The molecule has 0 spiro atoms. The summed E-state index contributed by atoms with van der Waals surface area (Å²) in [6.45, 7) is 5.52. The van der Waals surface area contributed by atoms with Crippen molar-refractivity contribution in [2.24, 2.45) is 11.8 Å². The molecule has 12 nitrogen and oxygen atoms in total. The molecule has 5 N–H and O–H groups in total. The summed E-state index contributed by atoms with van der Waals surface area (Å²) < 4.78 is 34.3. The van der Waals surface area contributed by atoms with Gasteiger partial charge in [-0.15, -0.1) is 0 Å². The number of para-hydroxylation sites is 2. The van der Waals surface area contributed by atoms with Crippen molar-refractivity contribution in [3.05, 3.63) is 95.1 Å². The number of hydrogen-bond acceptors (Lipinski definition) is 8. The molecule has 0 radical (unpaired) electrons. The summed E-state index contributed by atoms with van der Waals surface area (Å²) in [6, 6.07) is 21.5. The van der Waals surface area contributed by atoms with Gasteiger partial charge in [0.15, 0.2) is 0 Å². The number of hydroxylamine groups is 1. The van der Waals surface area contributed by atoms with Crippen LogP contribution in [-0.2, 0) is 14.8 Å². The lowest BCUT2D eigenvalue weighted by Gasteiger charge is -2.16. The Labute approximate surface area is 276 Å². The lowest BCUT2D eigenvalue weighted by molar-refractivity contribution is -0.133. The average molecular weight is 677 g/mol. The van der Waals surface area contributed by atoms with Gasteiger partial charge in [-0.1, -0.05) is 37.6 Å². The molecule has 0 fully saturated rings. The fourth-order valence-electron chi connectivity index (χ4n) is 4.96. The molecule has 2 heterocycles. The number of aromatic nitrogens is 3. The number of rotatable bonds is 12. The van der Waals surface area contributed by atoms with E-state index in [2.05, 4.69) is 25.0 Å². The van der Waals surface area contributed by atoms with Gasteiger partial charge in [-0.2, -0.15) is 0 Å². The van der Waals surface area contributed by atoms with Crippen LogP contribution in [0, 0.1) is 18.8 Å². The van der Waals surface area contributed by atoms with Crippen molar-refractivity contribution >= 4 is 56.0 Å². The maximum Gasteiger partial charge on any atom is 0.263 e. The lowest BCUT2D eigenvalue weighted by Crippen LogP contribution is -2.28. The van der Waals surface area contributed by atoms with Gasteiger partial charge < -0.3 is 15.0 Å². The number of anilines is 2. The van der Waals surface area contributed by atoms with Crippen LogP contribution in [0.25, 0.3) is 22.4 Å². The molecule has 0 saturated heterocycles. The molecule has 5 rings (SSSR count). The molecule has 2 aromatic heterocycles. The van der Waals surface area contributed by atoms with E-state index in [1.54, 1.807) is 37.5 Å². The van der Waals surface area contributed by atoms with Crippen molar-refractivity contribution < 1.29 is 28.0 Å². The Kier molecular flexibility index (Phi) is 10.1. The highest BCUT2D eigenvalue weighted by atomic mass is 35.5. The first-order valence-corrected chi connectivity index (χ1v) is 16.5. The quantitative estimate of drug-likeness (QED) is 0.0768. The fraction of sp³-hybridized carbons (Fsp3) is 0.212. The Balaban J connectivity index is 1.21. The van der Waals surface area contributed by atoms with Crippen molar-refractivity contribution in [2.45, 2.75) is 32.1 Å². The van der Waals surface area contributed by atoms with Gasteiger partial charge in [0.25, 0.3) is 15.9 Å². The van der Waals surface area contributed by atoms with Gasteiger partial charge in [-0.25, -0.2) is 23.9 Å². The number of pyridine rings is 1. The van der Waals surface area contributed by atoms with Crippen LogP contribution >= 0.6 is 11.6 Å². The number of benzene rings is 3. The molecule has 2 unspecified atom stereocenters. The number of ether oxygens (including phenoxy) is 1. The summed E-state index contributed by atoms with van der Waals surface area (Å²) in [4.78, 5) is 36.8. The zero-order chi connectivity index (χ0) is 33.7. The highest BCUT2D eigenvalue weighted by molar-refractivity contribution is 7.92. The van der Waals surface area contributed by atoms with E-state index in [1.807, 2.05) is 31.2 Å². The lowest BCUT2D eigenvalue weighted by atomic mass is 9.97. The molecule has 0 bridgehead atoms. The average Bonchev–Trinajstić information content (AvgIpc) is 3.48. The van der Waals surface area contributed by atoms with Crippen LogP contribution in [0.2, 0.25) is 5.02 Å². The van der Waals surface area contributed by atoms with E-state index in [0.717, 1.165) is 11.0 Å². The fourth-order valence-corrected chi connectivity index (χ4v) is 6.17. The van der Waals surface area contributed by atoms with Gasteiger partial charge in [0.1, 0.15) is 17.4 Å². The molecule has 3 aromatic carbocycles. The summed E-state index contributed by atoms with van der Waals surface area (Å²) in [5.41, 5.74) is 4.97. The van der Waals surface area contributed by atoms with Crippen molar-refractivity contribution in [1.82, 2.24) is 20.4 Å². The second-order valence-corrected chi connectivity index (χ2v) is 13.3. The molecule has 5 aromatic rings. The SMILES string of the molecule is Cc1nc(NS(=O)(=O)c2ccc(OCC(C)CC(C)C(=O)NO)cc2)ccc1C(=O)Nc1ccc(Cl)c(-c2nc3ccccc3[nH]2)c1. The summed E-state index contributed by atoms with van der Waals surface area (Å²) in [5.74, 6) is -0.193. The van der Waals surface area contributed by atoms with Crippen LogP contribution < -0.4 is 20.3 Å². The van der Waals surface area contributed by atoms with Crippen LogP contribution in [-0.4, -0.2) is 47.0 Å². The largest absolute Gasteiger partial charge is 0.493 e. The zero-order valence-electron chi connectivity index (χ0n) is 25.7. The number of hydrogen-bond donors (Lipinski definition) is 5. The smallest absolute Gasteiger partial charge is 0.263 e. The number of nitrogens with one attached hydrogen (secondary N) is 4. The van der Waals surface area contributed by atoms with E-state index in [-0.39, 0.29) is 28.1 Å². The number of imidazole rings is 1. The van der Waals surface area contributed by atoms with Gasteiger partial charge in [0.05, 0.1) is 38.8 Å². The number of fused-ring (bicyclic) bond motifs is 1. The maximum atomic E-state index is 13.2. The summed E-state index contributed by atoms with van der Waals surface area (Å²) in [6.07, 6.45) is 0.501. The first-order valence-electron chi connectivity index (χ1n) is 14.7. The van der Waals surface area contributed by atoms with Gasteiger partial charge in [0, 0.05) is 17.2 Å². The Morgan fingerprint density at radius 3 is 2.45 bits per heavy atom. The van der Waals surface area contributed by atoms with Crippen molar-refractivity contribution in [1.29, 1.82) is 0 Å². The Morgan fingerprint density at radius 1 is 1.00 bits per heavy atom. The van der Waals surface area contributed by atoms with E-state index >= 15 is 0 Å². The van der Waals surface area contributed by atoms with Crippen LogP contribution in [0.5, 0.6) is 5.75 Å². The third kappa shape index (κ3) is 8.06. The number of carbonyl (C=O) groups is 2. The normalized spacial score (nSPS) is 12.7. The predicted molar refractivity (Wildman–Crippen MR) is 179 cm³/mol. The van der Waals surface area contributed by atoms with Gasteiger partial charge in [0.2, 0.25) is 5.91 Å². The summed E-state index contributed by atoms with van der Waals surface area (Å²) in [5, 5.41) is 12.1. The number of carbonyl (C=O) groups excluding carboxylic acids is 2. The monoisotopic (exact) mass is 676 g/mol. The number of aryl methyl sites for hydroxylation is 1. The Morgan fingerprint density at radius 2 is 1.74 bits per heavy atom. The topological polar surface area (TPSA) is 175 Å². The molecule has 0 aliphatic carbocycles. The van der Waals surface area contributed by atoms with Crippen LogP contribution in [0.3, 0.4) is 0 Å². The number of nitrogens with zero attached hydrogens (tertiary/aromatic N) is 2. The summed E-state index contributed by atoms with van der Waals surface area (Å²) in [7, 11) is -3.99. The summed E-state index contributed by atoms with van der Waals surface area (Å²) >= 11 is 6.45. The zero-order valence-corrected chi connectivity index (χ0v) is 27.3. The molecule has 0 aliphatic rings. The van der Waals surface area contributed by atoms with Crippen LogP contribution in [0.15, 0.2) is 83.8 Å². The highest BCUT2D eigenvalue weighted by Gasteiger charge is 2.19. The number of aromatic amines is 1. The van der Waals surface area contributed by atoms with Gasteiger partial charge in [-0.05, 0) is 86.0 Å². The number of sulfonamides is 1. The molecule has 2 atom stereocenters. The molecular formula is C33H33ClN6O6S. The standard InChI is InChI=1S/C33H33ClN6O6S/c1-19(16-20(2)32(41)39-43)18-46-23-9-11-24(12-10-23)47(44,45)40-30-15-13-25(21(3)35-30)33(42)36-22-8-14-27(34)26(17-22)31-37-28-6-4-5-7-29(28)38-31/h4-15,17,19-20,43H,16,18H2,1-3H3,(H,35,40)(H,36,42)(H,37,38)(H,39,41). The minimum Gasteiger partial charge on any atom is -0.493 e. The predicted octanol–water partition coefficient (Wildman–Crippen LogP) is 6.19. The third-order valence-electron chi connectivity index (χ3n) is 7.42. The van der Waals surface area contributed by atoms with Crippen molar-refractivity contribution in [3.8, 4) is 17.1 Å². The van der Waals surface area contributed by atoms with E-state index in [1.165, 1.54) is 36.4 Å². The van der Waals surface area contributed by atoms with Crippen molar-refractivity contribution in [3.63, 3.8) is 0 Å². The molecule has 2 amide bonds. The van der Waals surface area contributed by atoms with E-state index in [0.29, 0.717) is 46.6 Å². The van der Waals surface area contributed by atoms with E-state index in [4.69, 9.17) is 21.5 Å². The van der Waals surface area contributed by atoms with Crippen LogP contribution in [0.1, 0.15) is 36.3 Å². The van der Waals surface area contributed by atoms with E-state index in [9.17, 15) is 18.0 Å². The van der Waals surface area contributed by atoms with Gasteiger partial charge in [-0.3, -0.25) is 19.5 Å². The number of H-pyrrole nitrogens is 1. The Hall–Kier alpha value is -4.98. The second kappa shape index (κ2) is 14.2. The van der Waals surface area contributed by atoms with Crippen LogP contribution in [0.4, 0.5) is 11.5 Å². The minimum absolute atomic E-state index is 0.00425. The van der Waals surface area contributed by atoms with Crippen molar-refractivity contribution in [2.75, 3.05) is 16.6 Å². The van der Waals surface area contributed by atoms with E-state index < -0.39 is 21.8 Å². The molecule has 244 valence electrons. The second-order valence-electron chi connectivity index (χ2n) is 11.2. The minimum atomic E-state index is -3.99. The van der Waals surface area contributed by atoms with Gasteiger partial charge >= 0.3 is 0 Å². The molecule has 14 heteroatoms. The molecule has 0 aliphatic heterocycles. The molecule has 47 heavy (non-hydrogen) atoms. The molecular weight excluding hydrogens is 644 g/mol. The third-order valence-corrected chi connectivity index (χ3v) is 9.12. The first kappa shape index (κ1) is 33.4. The number of amides is 2. The Bertz CT molecular complexity index is 2000. The first-order chi connectivity index (χ1) is 22.4.